The zero-order valence-corrected chi connectivity index (χ0v) is 13.5. The molecule has 2 aromatic carbocycles. The monoisotopic (exact) mass is 321 g/mol. The minimum Gasteiger partial charge on any atom is -0.508 e. The molecule has 0 saturated carbocycles. The summed E-state index contributed by atoms with van der Waals surface area (Å²) in [6.45, 7) is 5.70. The van der Waals surface area contributed by atoms with E-state index in [4.69, 9.17) is 0 Å². The highest BCUT2D eigenvalue weighted by Crippen LogP contribution is 2.25. The third-order valence-corrected chi connectivity index (χ3v) is 3.99. The molecule has 0 bridgehead atoms. The van der Waals surface area contributed by atoms with E-state index in [1.807, 2.05) is 19.9 Å². The number of hydrogen-bond donors (Lipinski definition) is 3. The number of phenols is 1. The van der Waals surface area contributed by atoms with Gasteiger partial charge in [0.1, 0.15) is 23.0 Å². The zero-order valence-electron chi connectivity index (χ0n) is 13.5. The van der Waals surface area contributed by atoms with Crippen molar-refractivity contribution in [2.24, 2.45) is 0 Å². The van der Waals surface area contributed by atoms with Gasteiger partial charge in [-0.25, -0.2) is 8.78 Å². The van der Waals surface area contributed by atoms with Gasteiger partial charge in [-0.05, 0) is 44.0 Å². The van der Waals surface area contributed by atoms with Gasteiger partial charge in [-0.15, -0.1) is 0 Å². The topological polar surface area (TPSA) is 52.5 Å². The fraction of sp³-hybridized carbons (Fsp3) is 0.333. The third kappa shape index (κ3) is 4.06. The van der Waals surface area contributed by atoms with Crippen LogP contribution in [-0.2, 0) is 12.1 Å². The number of halogens is 2. The molecular weight excluding hydrogens is 300 g/mol. The molecule has 0 radical (unpaired) electrons. The van der Waals surface area contributed by atoms with Gasteiger partial charge in [-0.1, -0.05) is 12.1 Å². The molecule has 0 aromatic heterocycles. The van der Waals surface area contributed by atoms with Gasteiger partial charge in [-0.3, -0.25) is 0 Å². The van der Waals surface area contributed by atoms with E-state index in [0.717, 1.165) is 23.3 Å². The van der Waals surface area contributed by atoms with Crippen molar-refractivity contribution in [1.29, 1.82) is 0 Å². The lowest BCUT2D eigenvalue weighted by molar-refractivity contribution is 0.0528. The highest BCUT2D eigenvalue weighted by molar-refractivity contribution is 5.40. The fourth-order valence-electron chi connectivity index (χ4n) is 2.46. The fourth-order valence-corrected chi connectivity index (χ4v) is 2.46. The number of hydrogen-bond acceptors (Lipinski definition) is 3. The van der Waals surface area contributed by atoms with Crippen molar-refractivity contribution in [1.82, 2.24) is 5.32 Å². The van der Waals surface area contributed by atoms with Crippen LogP contribution in [0.1, 0.15) is 29.2 Å². The van der Waals surface area contributed by atoms with E-state index in [-0.39, 0.29) is 17.9 Å². The zero-order chi connectivity index (χ0) is 17.2. The maximum Gasteiger partial charge on any atom is 0.132 e. The van der Waals surface area contributed by atoms with Crippen molar-refractivity contribution in [2.75, 3.05) is 6.54 Å². The molecule has 0 aliphatic heterocycles. The number of aliphatic hydroxyl groups is 1. The molecule has 0 aliphatic rings. The first kappa shape index (κ1) is 17.4. The Morgan fingerprint density at radius 2 is 1.74 bits per heavy atom. The van der Waals surface area contributed by atoms with E-state index < -0.39 is 17.2 Å². The molecule has 0 amide bonds. The Kier molecular flexibility index (Phi) is 5.02. The van der Waals surface area contributed by atoms with Crippen LogP contribution in [0, 0.1) is 25.5 Å². The second-order valence-corrected chi connectivity index (χ2v) is 6.07. The first-order chi connectivity index (χ1) is 10.7. The van der Waals surface area contributed by atoms with Crippen molar-refractivity contribution in [2.45, 2.75) is 32.9 Å². The van der Waals surface area contributed by atoms with Crippen LogP contribution in [-0.4, -0.2) is 16.8 Å². The van der Waals surface area contributed by atoms with Gasteiger partial charge in [0.25, 0.3) is 0 Å². The summed E-state index contributed by atoms with van der Waals surface area (Å²) in [5, 5.41) is 23.3. The van der Waals surface area contributed by atoms with Crippen LogP contribution in [0.2, 0.25) is 0 Å². The lowest BCUT2D eigenvalue weighted by Gasteiger charge is -2.25. The van der Waals surface area contributed by atoms with Crippen LogP contribution < -0.4 is 5.32 Å². The van der Waals surface area contributed by atoms with Crippen molar-refractivity contribution in [3.05, 3.63) is 64.2 Å². The standard InChI is InChI=1S/C18H21F2NO2/c1-11-6-13(17(22)7-12(11)2)9-21-10-18(3,23)15-5-4-14(19)8-16(15)20/h4-8,21-23H,9-10H2,1-3H3. The van der Waals surface area contributed by atoms with E-state index in [1.165, 1.54) is 13.0 Å². The molecule has 0 heterocycles. The first-order valence-electron chi connectivity index (χ1n) is 7.38. The molecule has 2 aromatic rings. The Balaban J connectivity index is 2.06. The normalized spacial score (nSPS) is 13.8. The molecule has 3 nitrogen and oxygen atoms in total. The van der Waals surface area contributed by atoms with E-state index in [1.54, 1.807) is 6.07 Å². The average molecular weight is 321 g/mol. The molecule has 0 saturated heterocycles. The summed E-state index contributed by atoms with van der Waals surface area (Å²) in [6, 6.07) is 6.65. The molecule has 124 valence electrons. The largest absolute Gasteiger partial charge is 0.508 e. The lowest BCUT2D eigenvalue weighted by atomic mass is 9.95. The van der Waals surface area contributed by atoms with E-state index in [0.29, 0.717) is 12.1 Å². The molecule has 0 spiro atoms. The van der Waals surface area contributed by atoms with E-state index in [9.17, 15) is 19.0 Å². The van der Waals surface area contributed by atoms with Crippen molar-refractivity contribution in [3.63, 3.8) is 0 Å². The molecular formula is C18H21F2NO2. The maximum atomic E-state index is 13.8. The number of aryl methyl sites for hydroxylation is 2. The third-order valence-electron chi connectivity index (χ3n) is 3.99. The molecule has 5 heteroatoms. The average Bonchev–Trinajstić information content (AvgIpc) is 2.43. The van der Waals surface area contributed by atoms with Crippen molar-refractivity contribution in [3.8, 4) is 5.75 Å². The van der Waals surface area contributed by atoms with E-state index in [2.05, 4.69) is 5.32 Å². The van der Waals surface area contributed by atoms with Crippen LogP contribution in [0.5, 0.6) is 5.75 Å². The Hall–Kier alpha value is -1.98. The molecule has 0 fully saturated rings. The van der Waals surface area contributed by atoms with Crippen LogP contribution in [0.25, 0.3) is 0 Å². The summed E-state index contributed by atoms with van der Waals surface area (Å²) in [5.41, 5.74) is 1.27. The predicted molar refractivity (Wildman–Crippen MR) is 85.2 cm³/mol. The lowest BCUT2D eigenvalue weighted by Crippen LogP contribution is -2.36. The highest BCUT2D eigenvalue weighted by atomic mass is 19.1. The number of aromatic hydroxyl groups is 1. The summed E-state index contributed by atoms with van der Waals surface area (Å²) >= 11 is 0. The SMILES string of the molecule is Cc1cc(O)c(CNCC(C)(O)c2ccc(F)cc2F)cc1C. The van der Waals surface area contributed by atoms with Crippen LogP contribution in [0.3, 0.4) is 0 Å². The Bertz CT molecular complexity index is 714. The Labute approximate surface area is 134 Å². The minimum absolute atomic E-state index is 0.0238. The Morgan fingerprint density at radius 1 is 1.09 bits per heavy atom. The van der Waals surface area contributed by atoms with Crippen LogP contribution in [0.15, 0.2) is 30.3 Å². The second-order valence-electron chi connectivity index (χ2n) is 6.07. The number of phenolic OH excluding ortho intramolecular Hbond substituents is 1. The van der Waals surface area contributed by atoms with Crippen molar-refractivity contribution >= 4 is 0 Å². The van der Waals surface area contributed by atoms with Gasteiger partial charge in [0.2, 0.25) is 0 Å². The second kappa shape index (κ2) is 6.64. The summed E-state index contributed by atoms with van der Waals surface area (Å²) in [6.07, 6.45) is 0. The van der Waals surface area contributed by atoms with Gasteiger partial charge in [-0.2, -0.15) is 0 Å². The molecule has 23 heavy (non-hydrogen) atoms. The smallest absolute Gasteiger partial charge is 0.132 e. The number of rotatable bonds is 5. The summed E-state index contributed by atoms with van der Waals surface area (Å²) in [4.78, 5) is 0. The van der Waals surface area contributed by atoms with Gasteiger partial charge in [0, 0.05) is 30.3 Å². The van der Waals surface area contributed by atoms with E-state index >= 15 is 0 Å². The van der Waals surface area contributed by atoms with Gasteiger partial charge in [0.15, 0.2) is 0 Å². The predicted octanol–water partition coefficient (Wildman–Crippen LogP) is 3.28. The molecule has 2 rings (SSSR count). The van der Waals surface area contributed by atoms with Crippen LogP contribution >= 0.6 is 0 Å². The number of benzene rings is 2. The quantitative estimate of drug-likeness (QED) is 0.792. The first-order valence-corrected chi connectivity index (χ1v) is 7.38. The summed E-state index contributed by atoms with van der Waals surface area (Å²) < 4.78 is 26.7. The maximum absolute atomic E-state index is 13.8. The van der Waals surface area contributed by atoms with Gasteiger partial charge in [0.05, 0.1) is 0 Å². The Morgan fingerprint density at radius 3 is 2.39 bits per heavy atom. The van der Waals surface area contributed by atoms with Gasteiger partial charge >= 0.3 is 0 Å². The summed E-state index contributed by atoms with van der Waals surface area (Å²) in [5.74, 6) is -1.30. The highest BCUT2D eigenvalue weighted by Gasteiger charge is 2.26. The molecule has 1 unspecified atom stereocenters. The summed E-state index contributed by atoms with van der Waals surface area (Å²) in [7, 11) is 0. The minimum atomic E-state index is -1.49. The van der Waals surface area contributed by atoms with Gasteiger partial charge < -0.3 is 15.5 Å². The molecule has 3 N–H and O–H groups in total. The molecule has 0 aliphatic carbocycles. The van der Waals surface area contributed by atoms with Crippen LogP contribution in [0.4, 0.5) is 8.78 Å². The number of nitrogens with one attached hydrogen (secondary N) is 1. The molecule has 1 atom stereocenters. The van der Waals surface area contributed by atoms with Crippen molar-refractivity contribution < 1.29 is 19.0 Å².